The van der Waals surface area contributed by atoms with E-state index < -0.39 is 0 Å². The van der Waals surface area contributed by atoms with Gasteiger partial charge in [-0.1, -0.05) is 0 Å². The van der Waals surface area contributed by atoms with Crippen LogP contribution in [-0.4, -0.2) is 35.8 Å². The van der Waals surface area contributed by atoms with Crippen LogP contribution < -0.4 is 5.73 Å². The number of alkyl halides is 1. The Kier molecular flexibility index (Phi) is 3.98. The first-order valence-corrected chi connectivity index (χ1v) is 4.75. The molecule has 2 unspecified atom stereocenters. The molecule has 0 saturated carbocycles. The van der Waals surface area contributed by atoms with Gasteiger partial charge in [-0.15, -0.1) is 11.6 Å². The van der Waals surface area contributed by atoms with Gasteiger partial charge in [0.2, 0.25) is 0 Å². The zero-order chi connectivity index (χ0) is 8.97. The molecule has 1 heterocycles. The topological polar surface area (TPSA) is 46.3 Å². The summed E-state index contributed by atoms with van der Waals surface area (Å²) in [5.41, 5.74) is 5.61. The number of nitrogens with two attached hydrogens (primary N) is 1. The van der Waals surface area contributed by atoms with Crippen LogP contribution in [0.15, 0.2) is 0 Å². The highest BCUT2D eigenvalue weighted by atomic mass is 35.5. The second-order valence-electron chi connectivity index (χ2n) is 3.23. The molecule has 3 nitrogen and oxygen atoms in total. The molecule has 0 radical (unpaired) electrons. The molecule has 0 bridgehead atoms. The summed E-state index contributed by atoms with van der Waals surface area (Å²) in [6, 6.07) is 0.228. The summed E-state index contributed by atoms with van der Waals surface area (Å²) in [6.45, 7) is 1.79. The molecular formula is C8H15ClN2O. The third-order valence-electron chi connectivity index (χ3n) is 2.18. The lowest BCUT2D eigenvalue weighted by molar-refractivity contribution is -0.108. The minimum atomic E-state index is -0.158. The Hall–Kier alpha value is -0.120. The van der Waals surface area contributed by atoms with E-state index in [0.717, 1.165) is 32.2 Å². The van der Waals surface area contributed by atoms with Crippen LogP contribution in [0, 0.1) is 0 Å². The van der Waals surface area contributed by atoms with E-state index >= 15 is 0 Å². The number of carbonyl (C=O) groups excluding carboxylic acids is 1. The molecule has 1 fully saturated rings. The number of hydrogen-bond donors (Lipinski definition) is 1. The predicted molar refractivity (Wildman–Crippen MR) is 49.1 cm³/mol. The predicted octanol–water partition coefficient (Wildman–Crippen LogP) is 0.563. The second kappa shape index (κ2) is 4.80. The van der Waals surface area contributed by atoms with E-state index in [1.807, 2.05) is 0 Å². The van der Waals surface area contributed by atoms with Crippen molar-refractivity contribution in [2.75, 3.05) is 13.1 Å². The standard InChI is InChI=1S/C8H15ClN2O/c9-8(3-5-12)11-4-1-2-7(10)6-11/h5,7-8H,1-4,6,10H2. The number of rotatable bonds is 3. The Morgan fingerprint density at radius 3 is 3.08 bits per heavy atom. The summed E-state index contributed by atoms with van der Waals surface area (Å²) in [6.07, 6.45) is 3.41. The van der Waals surface area contributed by atoms with Gasteiger partial charge in [-0.25, -0.2) is 0 Å². The van der Waals surface area contributed by atoms with Gasteiger partial charge in [0.15, 0.2) is 0 Å². The molecule has 0 amide bonds. The molecule has 0 aromatic carbocycles. The Morgan fingerprint density at radius 2 is 2.50 bits per heavy atom. The first-order chi connectivity index (χ1) is 5.74. The van der Waals surface area contributed by atoms with E-state index in [0.29, 0.717) is 6.42 Å². The quantitative estimate of drug-likeness (QED) is 0.402. The zero-order valence-corrected chi connectivity index (χ0v) is 7.83. The summed E-state index contributed by atoms with van der Waals surface area (Å²) in [7, 11) is 0. The number of carbonyl (C=O) groups is 1. The van der Waals surface area contributed by atoms with Gasteiger partial charge in [-0.05, 0) is 19.4 Å². The van der Waals surface area contributed by atoms with Gasteiger partial charge in [0.05, 0.1) is 5.50 Å². The maximum Gasteiger partial charge on any atom is 0.122 e. The Bertz CT molecular complexity index is 154. The van der Waals surface area contributed by atoms with E-state index in [2.05, 4.69) is 4.90 Å². The first kappa shape index (κ1) is 9.96. The first-order valence-electron chi connectivity index (χ1n) is 4.31. The lowest BCUT2D eigenvalue weighted by Crippen LogP contribution is -2.46. The molecule has 70 valence electrons. The molecule has 0 aromatic rings. The van der Waals surface area contributed by atoms with Crippen molar-refractivity contribution in [3.63, 3.8) is 0 Å². The summed E-state index contributed by atoms with van der Waals surface area (Å²) >= 11 is 5.96. The third kappa shape index (κ3) is 2.73. The van der Waals surface area contributed by atoms with Crippen molar-refractivity contribution < 1.29 is 4.79 Å². The minimum absolute atomic E-state index is 0.158. The van der Waals surface area contributed by atoms with Crippen LogP contribution in [0.4, 0.5) is 0 Å². The number of piperidine rings is 1. The van der Waals surface area contributed by atoms with Gasteiger partial charge >= 0.3 is 0 Å². The van der Waals surface area contributed by atoms with E-state index in [1.165, 1.54) is 0 Å². The van der Waals surface area contributed by atoms with Crippen LogP contribution in [0.3, 0.4) is 0 Å². The normalized spacial score (nSPS) is 28.3. The molecule has 1 aliphatic rings. The number of hydrogen-bond acceptors (Lipinski definition) is 3. The van der Waals surface area contributed by atoms with Crippen molar-refractivity contribution in [3.8, 4) is 0 Å². The number of nitrogens with zero attached hydrogens (tertiary/aromatic N) is 1. The second-order valence-corrected chi connectivity index (χ2v) is 3.74. The van der Waals surface area contributed by atoms with Crippen LogP contribution in [0.5, 0.6) is 0 Å². The lowest BCUT2D eigenvalue weighted by Gasteiger charge is -2.33. The van der Waals surface area contributed by atoms with Gasteiger partial charge in [-0.3, -0.25) is 4.90 Å². The molecule has 1 rings (SSSR count). The van der Waals surface area contributed by atoms with E-state index in [1.54, 1.807) is 0 Å². The Balaban J connectivity index is 2.34. The van der Waals surface area contributed by atoms with Crippen molar-refractivity contribution in [3.05, 3.63) is 0 Å². The van der Waals surface area contributed by atoms with Gasteiger partial charge in [0.1, 0.15) is 6.29 Å². The fourth-order valence-electron chi connectivity index (χ4n) is 1.52. The van der Waals surface area contributed by atoms with Gasteiger partial charge < -0.3 is 10.5 Å². The fraction of sp³-hybridized carbons (Fsp3) is 0.875. The molecule has 12 heavy (non-hydrogen) atoms. The summed E-state index contributed by atoms with van der Waals surface area (Å²) < 4.78 is 0. The van der Waals surface area contributed by atoms with E-state index in [9.17, 15) is 4.79 Å². The lowest BCUT2D eigenvalue weighted by atomic mass is 10.1. The molecule has 4 heteroatoms. The number of likely N-dealkylation sites (tertiary alicyclic amines) is 1. The fourth-order valence-corrected chi connectivity index (χ4v) is 1.77. The van der Waals surface area contributed by atoms with E-state index in [4.69, 9.17) is 17.3 Å². The average molecular weight is 191 g/mol. The van der Waals surface area contributed by atoms with Crippen molar-refractivity contribution >= 4 is 17.9 Å². The molecule has 2 N–H and O–H groups in total. The van der Waals surface area contributed by atoms with Crippen LogP contribution in [-0.2, 0) is 4.79 Å². The highest BCUT2D eigenvalue weighted by molar-refractivity contribution is 6.21. The maximum atomic E-state index is 10.2. The van der Waals surface area contributed by atoms with Crippen molar-refractivity contribution in [1.29, 1.82) is 0 Å². The largest absolute Gasteiger partial charge is 0.327 e. The van der Waals surface area contributed by atoms with Crippen molar-refractivity contribution in [1.82, 2.24) is 4.90 Å². The number of aldehydes is 1. The zero-order valence-electron chi connectivity index (χ0n) is 7.08. The van der Waals surface area contributed by atoms with Crippen LogP contribution in [0.2, 0.25) is 0 Å². The molecule has 2 atom stereocenters. The van der Waals surface area contributed by atoms with Crippen LogP contribution >= 0.6 is 11.6 Å². The van der Waals surface area contributed by atoms with Gasteiger partial charge in [0, 0.05) is 19.0 Å². The summed E-state index contributed by atoms with van der Waals surface area (Å²) in [4.78, 5) is 12.3. The molecule has 0 aliphatic carbocycles. The Morgan fingerprint density at radius 1 is 1.75 bits per heavy atom. The molecule has 0 spiro atoms. The van der Waals surface area contributed by atoms with E-state index in [-0.39, 0.29) is 11.5 Å². The minimum Gasteiger partial charge on any atom is -0.327 e. The third-order valence-corrected chi connectivity index (χ3v) is 2.63. The Labute approximate surface area is 77.9 Å². The van der Waals surface area contributed by atoms with Crippen LogP contribution in [0.25, 0.3) is 0 Å². The molecule has 0 aromatic heterocycles. The van der Waals surface area contributed by atoms with Crippen molar-refractivity contribution in [2.24, 2.45) is 5.73 Å². The van der Waals surface area contributed by atoms with Gasteiger partial charge in [0.25, 0.3) is 0 Å². The molecule has 1 aliphatic heterocycles. The van der Waals surface area contributed by atoms with Gasteiger partial charge in [-0.2, -0.15) is 0 Å². The molecule has 1 saturated heterocycles. The van der Waals surface area contributed by atoms with Crippen molar-refractivity contribution in [2.45, 2.75) is 30.8 Å². The number of halogens is 1. The SMILES string of the molecule is NC1CCCN(C(Cl)CC=O)C1. The highest BCUT2D eigenvalue weighted by Crippen LogP contribution is 2.15. The summed E-state index contributed by atoms with van der Waals surface area (Å²) in [5, 5.41) is 0. The average Bonchev–Trinajstić information content (AvgIpc) is 2.05. The highest BCUT2D eigenvalue weighted by Gasteiger charge is 2.21. The van der Waals surface area contributed by atoms with Crippen LogP contribution in [0.1, 0.15) is 19.3 Å². The maximum absolute atomic E-state index is 10.2. The smallest absolute Gasteiger partial charge is 0.122 e. The summed E-state index contributed by atoms with van der Waals surface area (Å²) in [5.74, 6) is 0. The monoisotopic (exact) mass is 190 g/mol. The molecular weight excluding hydrogens is 176 g/mol.